The second kappa shape index (κ2) is 7.49. The minimum Gasteiger partial charge on any atom is -0.374 e. The van der Waals surface area contributed by atoms with Gasteiger partial charge in [-0.05, 0) is 70.4 Å². The average Bonchev–Trinajstić information content (AvgIpc) is 3.28. The standard InChI is InChI=1S/C22H38N4O/c1-21(2)15-22(27-16-21)9-7-17(8-10-22)20-18(14-25(4)13-11-23-3)24-26-12-5-6-19(20)26/h17,23H,5-16H2,1-4H3/t17-,22-. The first-order chi connectivity index (χ1) is 12.9. The van der Waals surface area contributed by atoms with E-state index in [1.54, 1.807) is 11.3 Å². The Balaban J connectivity index is 1.49. The Labute approximate surface area is 164 Å². The van der Waals surface area contributed by atoms with Crippen molar-refractivity contribution in [1.29, 1.82) is 0 Å². The molecule has 1 aromatic heterocycles. The number of hydrogen-bond donors (Lipinski definition) is 1. The van der Waals surface area contributed by atoms with Crippen LogP contribution in [-0.2, 0) is 24.2 Å². The van der Waals surface area contributed by atoms with Crippen molar-refractivity contribution in [3.8, 4) is 0 Å². The van der Waals surface area contributed by atoms with Crippen molar-refractivity contribution in [2.45, 2.75) is 83.4 Å². The van der Waals surface area contributed by atoms with Crippen molar-refractivity contribution < 1.29 is 4.74 Å². The van der Waals surface area contributed by atoms with Crippen LogP contribution in [0.25, 0.3) is 0 Å². The molecule has 1 N–H and O–H groups in total. The van der Waals surface area contributed by atoms with E-state index >= 15 is 0 Å². The second-order valence-electron chi connectivity index (χ2n) is 10.1. The molecule has 0 bridgehead atoms. The molecule has 4 rings (SSSR count). The number of aryl methyl sites for hydroxylation is 1. The third-order valence-electron chi connectivity index (χ3n) is 7.00. The summed E-state index contributed by atoms with van der Waals surface area (Å²) in [5.41, 5.74) is 5.01. The lowest BCUT2D eigenvalue weighted by Crippen LogP contribution is -2.34. The van der Waals surface area contributed by atoms with Crippen LogP contribution in [0.2, 0.25) is 0 Å². The predicted molar refractivity (Wildman–Crippen MR) is 109 cm³/mol. The third-order valence-corrected chi connectivity index (χ3v) is 7.00. The molecule has 0 unspecified atom stereocenters. The molecule has 152 valence electrons. The van der Waals surface area contributed by atoms with E-state index in [-0.39, 0.29) is 5.60 Å². The first-order valence-electron chi connectivity index (χ1n) is 11.0. The van der Waals surface area contributed by atoms with Gasteiger partial charge in [-0.25, -0.2) is 0 Å². The van der Waals surface area contributed by atoms with Crippen LogP contribution in [0.5, 0.6) is 0 Å². The Morgan fingerprint density at radius 2 is 2.07 bits per heavy atom. The van der Waals surface area contributed by atoms with Gasteiger partial charge in [0.15, 0.2) is 0 Å². The molecule has 27 heavy (non-hydrogen) atoms. The van der Waals surface area contributed by atoms with Crippen molar-refractivity contribution in [1.82, 2.24) is 20.0 Å². The fraction of sp³-hybridized carbons (Fsp3) is 0.864. The van der Waals surface area contributed by atoms with Gasteiger partial charge in [0.25, 0.3) is 0 Å². The Hall–Kier alpha value is -0.910. The van der Waals surface area contributed by atoms with Gasteiger partial charge in [-0.2, -0.15) is 5.10 Å². The summed E-state index contributed by atoms with van der Waals surface area (Å²) in [4.78, 5) is 2.41. The maximum atomic E-state index is 6.36. The van der Waals surface area contributed by atoms with Crippen molar-refractivity contribution in [2.24, 2.45) is 5.41 Å². The molecule has 5 nitrogen and oxygen atoms in total. The minimum atomic E-state index is 0.167. The summed E-state index contributed by atoms with van der Waals surface area (Å²) >= 11 is 0. The van der Waals surface area contributed by atoms with Gasteiger partial charge in [-0.15, -0.1) is 0 Å². The zero-order valence-corrected chi connectivity index (χ0v) is 17.8. The van der Waals surface area contributed by atoms with Gasteiger partial charge < -0.3 is 10.1 Å². The molecule has 0 radical (unpaired) electrons. The largest absolute Gasteiger partial charge is 0.374 e. The van der Waals surface area contributed by atoms with E-state index in [1.165, 1.54) is 50.6 Å². The topological polar surface area (TPSA) is 42.3 Å². The molecule has 1 aliphatic carbocycles. The fourth-order valence-corrected chi connectivity index (χ4v) is 5.71. The van der Waals surface area contributed by atoms with Crippen LogP contribution in [0.3, 0.4) is 0 Å². The number of fused-ring (bicyclic) bond motifs is 1. The van der Waals surface area contributed by atoms with Crippen LogP contribution < -0.4 is 5.32 Å². The lowest BCUT2D eigenvalue weighted by atomic mass is 9.71. The van der Waals surface area contributed by atoms with Crippen LogP contribution in [0, 0.1) is 5.41 Å². The number of likely N-dealkylation sites (N-methyl/N-ethyl adjacent to an activating group) is 2. The van der Waals surface area contributed by atoms with Crippen LogP contribution in [0.1, 0.15) is 75.2 Å². The van der Waals surface area contributed by atoms with Gasteiger partial charge >= 0.3 is 0 Å². The minimum absolute atomic E-state index is 0.167. The first kappa shape index (κ1) is 19.4. The van der Waals surface area contributed by atoms with Crippen LogP contribution in [-0.4, -0.2) is 54.1 Å². The van der Waals surface area contributed by atoms with E-state index in [0.717, 1.165) is 32.8 Å². The summed E-state index contributed by atoms with van der Waals surface area (Å²) < 4.78 is 8.67. The molecule has 1 saturated carbocycles. The van der Waals surface area contributed by atoms with Crippen molar-refractivity contribution in [3.63, 3.8) is 0 Å². The predicted octanol–water partition coefficient (Wildman–Crippen LogP) is 3.32. The second-order valence-corrected chi connectivity index (χ2v) is 10.1. The number of ether oxygens (including phenoxy) is 1. The monoisotopic (exact) mass is 374 g/mol. The lowest BCUT2D eigenvalue weighted by Gasteiger charge is -2.37. The Morgan fingerprint density at radius 1 is 1.30 bits per heavy atom. The highest BCUT2D eigenvalue weighted by atomic mass is 16.5. The molecule has 1 spiro atoms. The highest BCUT2D eigenvalue weighted by Gasteiger charge is 2.47. The number of hydrogen-bond acceptors (Lipinski definition) is 4. The molecule has 2 fully saturated rings. The summed E-state index contributed by atoms with van der Waals surface area (Å²) in [5, 5.41) is 8.30. The molecule has 0 amide bonds. The smallest absolute Gasteiger partial charge is 0.0802 e. The molecule has 0 aromatic carbocycles. The summed E-state index contributed by atoms with van der Waals surface area (Å²) in [6.07, 6.45) is 8.69. The van der Waals surface area contributed by atoms with E-state index in [0.29, 0.717) is 11.3 Å². The Bertz CT molecular complexity index is 658. The molecular formula is C22H38N4O. The Morgan fingerprint density at radius 3 is 2.74 bits per heavy atom. The summed E-state index contributed by atoms with van der Waals surface area (Å²) in [6, 6.07) is 0. The van der Waals surface area contributed by atoms with Gasteiger partial charge in [0.05, 0.1) is 17.9 Å². The molecule has 1 aromatic rings. The van der Waals surface area contributed by atoms with E-state index in [4.69, 9.17) is 9.84 Å². The molecule has 0 atom stereocenters. The van der Waals surface area contributed by atoms with Crippen LogP contribution in [0.4, 0.5) is 0 Å². The van der Waals surface area contributed by atoms with Gasteiger partial charge in [-0.3, -0.25) is 9.58 Å². The average molecular weight is 375 g/mol. The quantitative estimate of drug-likeness (QED) is 0.829. The van der Waals surface area contributed by atoms with Gasteiger partial charge in [-0.1, -0.05) is 13.8 Å². The number of nitrogens with zero attached hydrogens (tertiary/aromatic N) is 3. The van der Waals surface area contributed by atoms with E-state index in [1.807, 2.05) is 7.05 Å². The normalized spacial score (nSPS) is 29.7. The third kappa shape index (κ3) is 3.96. The van der Waals surface area contributed by atoms with Crippen molar-refractivity contribution in [3.05, 3.63) is 17.0 Å². The van der Waals surface area contributed by atoms with Crippen LogP contribution in [0.15, 0.2) is 0 Å². The highest BCUT2D eigenvalue weighted by molar-refractivity contribution is 5.33. The fourth-order valence-electron chi connectivity index (χ4n) is 5.71. The van der Waals surface area contributed by atoms with Crippen molar-refractivity contribution in [2.75, 3.05) is 33.8 Å². The van der Waals surface area contributed by atoms with Crippen LogP contribution >= 0.6 is 0 Å². The Kier molecular flexibility index (Phi) is 5.38. The van der Waals surface area contributed by atoms with Crippen molar-refractivity contribution >= 4 is 0 Å². The molecule has 2 aliphatic heterocycles. The maximum absolute atomic E-state index is 6.36. The van der Waals surface area contributed by atoms with E-state index < -0.39 is 0 Å². The number of rotatable bonds is 6. The van der Waals surface area contributed by atoms with E-state index in [9.17, 15) is 0 Å². The molecular weight excluding hydrogens is 336 g/mol. The van der Waals surface area contributed by atoms with Gasteiger partial charge in [0.1, 0.15) is 0 Å². The zero-order chi connectivity index (χ0) is 19.1. The van der Waals surface area contributed by atoms with Gasteiger partial charge in [0.2, 0.25) is 0 Å². The molecule has 3 heterocycles. The summed E-state index contributed by atoms with van der Waals surface area (Å²) in [7, 11) is 4.24. The number of aromatic nitrogens is 2. The molecule has 3 aliphatic rings. The summed E-state index contributed by atoms with van der Waals surface area (Å²) in [6.45, 7) is 9.82. The number of nitrogens with one attached hydrogen (secondary N) is 1. The zero-order valence-electron chi connectivity index (χ0n) is 17.8. The first-order valence-corrected chi connectivity index (χ1v) is 11.0. The molecule has 5 heteroatoms. The molecule has 1 saturated heterocycles. The SMILES string of the molecule is CNCCN(C)Cc1nn2c(c1[C@H]1CC[C@]3(CC1)CC(C)(C)CO3)CCC2. The highest BCUT2D eigenvalue weighted by Crippen LogP contribution is 2.50. The lowest BCUT2D eigenvalue weighted by molar-refractivity contribution is -0.0294. The van der Waals surface area contributed by atoms with Gasteiger partial charge in [0, 0.05) is 37.4 Å². The van der Waals surface area contributed by atoms with E-state index in [2.05, 4.69) is 35.8 Å². The summed E-state index contributed by atoms with van der Waals surface area (Å²) in [5.74, 6) is 0.678. The maximum Gasteiger partial charge on any atom is 0.0802 e.